The van der Waals surface area contributed by atoms with Crippen molar-refractivity contribution < 1.29 is 4.39 Å². The van der Waals surface area contributed by atoms with Crippen LogP contribution in [-0.4, -0.2) is 4.98 Å². The molecule has 0 bridgehead atoms. The van der Waals surface area contributed by atoms with Gasteiger partial charge in [-0.25, -0.2) is 4.39 Å². The third kappa shape index (κ3) is 1.77. The summed E-state index contributed by atoms with van der Waals surface area (Å²) in [6.45, 7) is 0. The summed E-state index contributed by atoms with van der Waals surface area (Å²) in [7, 11) is 0. The van der Waals surface area contributed by atoms with Crippen molar-refractivity contribution in [2.75, 3.05) is 0 Å². The quantitative estimate of drug-likeness (QED) is 0.739. The van der Waals surface area contributed by atoms with E-state index in [-0.39, 0.29) is 20.0 Å². The molecule has 2 nitrogen and oxygen atoms in total. The van der Waals surface area contributed by atoms with E-state index in [4.69, 9.17) is 23.2 Å². The number of benzene rings is 1. The minimum Gasteiger partial charge on any atom is -0.319 e. The minimum atomic E-state index is -0.628. The average Bonchev–Trinajstić information content (AvgIpc) is 2.17. The Kier molecular flexibility index (Phi) is 2.75. The Labute approximate surface area is 102 Å². The summed E-state index contributed by atoms with van der Waals surface area (Å²) in [4.78, 5) is 13.5. The normalized spacial score (nSPS) is 10.9. The van der Waals surface area contributed by atoms with Crippen molar-refractivity contribution in [2.24, 2.45) is 0 Å². The second kappa shape index (κ2) is 3.77. The van der Waals surface area contributed by atoms with Gasteiger partial charge < -0.3 is 4.98 Å². The molecular weight excluding hydrogens is 308 g/mol. The fourth-order valence-electron chi connectivity index (χ4n) is 1.26. The van der Waals surface area contributed by atoms with Gasteiger partial charge in [0, 0.05) is 11.5 Å². The van der Waals surface area contributed by atoms with Crippen molar-refractivity contribution in [3.8, 4) is 0 Å². The molecule has 0 saturated carbocycles. The van der Waals surface area contributed by atoms with E-state index in [1.54, 1.807) is 0 Å². The lowest BCUT2D eigenvalue weighted by atomic mass is 10.2. The predicted molar refractivity (Wildman–Crippen MR) is 62.2 cm³/mol. The van der Waals surface area contributed by atoms with Crippen LogP contribution in [0.15, 0.2) is 21.4 Å². The molecule has 1 aromatic heterocycles. The highest BCUT2D eigenvalue weighted by Crippen LogP contribution is 2.33. The summed E-state index contributed by atoms with van der Waals surface area (Å²) >= 11 is 14.5. The Morgan fingerprint density at radius 1 is 1.27 bits per heavy atom. The molecule has 2 rings (SSSR count). The SMILES string of the molecule is O=c1cc(Cl)c2cc(Cl)c(Br)c(F)c2[nH]1. The van der Waals surface area contributed by atoms with Gasteiger partial charge in [-0.3, -0.25) is 4.79 Å². The van der Waals surface area contributed by atoms with Gasteiger partial charge in [-0.15, -0.1) is 0 Å². The minimum absolute atomic E-state index is 0.0452. The van der Waals surface area contributed by atoms with Gasteiger partial charge in [0.1, 0.15) is 0 Å². The van der Waals surface area contributed by atoms with Gasteiger partial charge in [-0.05, 0) is 22.0 Å². The van der Waals surface area contributed by atoms with Gasteiger partial charge in [0.2, 0.25) is 5.56 Å². The predicted octanol–water partition coefficient (Wildman–Crippen LogP) is 3.74. The molecule has 0 unspecified atom stereocenters. The van der Waals surface area contributed by atoms with Crippen molar-refractivity contribution in [1.29, 1.82) is 0 Å². The fourth-order valence-corrected chi connectivity index (χ4v) is 2.01. The Hall–Kier alpha value is -0.580. The highest BCUT2D eigenvalue weighted by atomic mass is 79.9. The van der Waals surface area contributed by atoms with E-state index < -0.39 is 11.4 Å². The van der Waals surface area contributed by atoms with E-state index in [9.17, 15) is 9.18 Å². The molecule has 1 heterocycles. The van der Waals surface area contributed by atoms with Gasteiger partial charge in [0.25, 0.3) is 0 Å². The number of aromatic amines is 1. The maximum Gasteiger partial charge on any atom is 0.249 e. The number of hydrogen-bond acceptors (Lipinski definition) is 1. The monoisotopic (exact) mass is 309 g/mol. The van der Waals surface area contributed by atoms with Gasteiger partial charge in [0.15, 0.2) is 5.82 Å². The molecule has 6 heteroatoms. The topological polar surface area (TPSA) is 32.9 Å². The second-order valence-corrected chi connectivity index (χ2v) is 4.50. The molecule has 0 aliphatic rings. The van der Waals surface area contributed by atoms with Gasteiger partial charge >= 0.3 is 0 Å². The molecule has 78 valence electrons. The number of nitrogens with one attached hydrogen (secondary N) is 1. The van der Waals surface area contributed by atoms with Crippen LogP contribution in [0.5, 0.6) is 0 Å². The molecule has 0 spiro atoms. The van der Waals surface area contributed by atoms with Crippen LogP contribution in [0.25, 0.3) is 10.9 Å². The molecule has 0 aliphatic heterocycles. The summed E-state index contributed by atoms with van der Waals surface area (Å²) < 4.78 is 13.8. The van der Waals surface area contributed by atoms with Crippen LogP contribution in [0, 0.1) is 5.82 Å². The molecule has 1 N–H and O–H groups in total. The standard InChI is InChI=1S/C9H3BrCl2FNO/c10-7-5(12)1-3-4(11)2-6(15)14-9(3)8(7)13/h1-2H,(H,14,15). The molecule has 1 aromatic carbocycles. The molecule has 2 aromatic rings. The van der Waals surface area contributed by atoms with Crippen LogP contribution in [0.2, 0.25) is 10.0 Å². The third-order valence-electron chi connectivity index (χ3n) is 1.93. The zero-order valence-corrected chi connectivity index (χ0v) is 10.2. The average molecular weight is 311 g/mol. The number of rotatable bonds is 0. The Morgan fingerprint density at radius 2 is 1.93 bits per heavy atom. The Morgan fingerprint density at radius 3 is 2.60 bits per heavy atom. The van der Waals surface area contributed by atoms with E-state index in [0.29, 0.717) is 5.39 Å². The van der Waals surface area contributed by atoms with Crippen molar-refractivity contribution in [3.05, 3.63) is 42.8 Å². The van der Waals surface area contributed by atoms with Crippen LogP contribution in [0.1, 0.15) is 0 Å². The maximum atomic E-state index is 13.7. The molecule has 0 radical (unpaired) electrons. The third-order valence-corrected chi connectivity index (χ3v) is 3.54. The summed E-state index contributed by atoms with van der Waals surface area (Å²) in [5.74, 6) is -0.628. The van der Waals surface area contributed by atoms with Crippen LogP contribution in [0.3, 0.4) is 0 Å². The van der Waals surface area contributed by atoms with E-state index in [1.807, 2.05) is 0 Å². The molecular formula is C9H3BrCl2FNO. The Balaban J connectivity index is 3.05. The first-order valence-electron chi connectivity index (χ1n) is 3.86. The number of fused-ring (bicyclic) bond motifs is 1. The largest absolute Gasteiger partial charge is 0.319 e. The van der Waals surface area contributed by atoms with Gasteiger partial charge in [-0.1, -0.05) is 23.2 Å². The summed E-state index contributed by atoms with van der Waals surface area (Å²) in [6.07, 6.45) is 0. The number of aromatic nitrogens is 1. The highest BCUT2D eigenvalue weighted by Gasteiger charge is 2.13. The van der Waals surface area contributed by atoms with Crippen LogP contribution in [-0.2, 0) is 0 Å². The summed E-state index contributed by atoms with van der Waals surface area (Å²) in [5, 5.41) is 0.748. The number of H-pyrrole nitrogens is 1. The lowest BCUT2D eigenvalue weighted by molar-refractivity contribution is 0.630. The number of halogens is 4. The first-order valence-corrected chi connectivity index (χ1v) is 5.41. The molecule has 0 aliphatic carbocycles. The lowest BCUT2D eigenvalue weighted by Crippen LogP contribution is -2.05. The highest BCUT2D eigenvalue weighted by molar-refractivity contribution is 9.10. The van der Waals surface area contributed by atoms with Crippen molar-refractivity contribution in [1.82, 2.24) is 4.98 Å². The number of hydrogen-bond donors (Lipinski definition) is 1. The second-order valence-electron chi connectivity index (χ2n) is 2.89. The Bertz CT molecular complexity index is 611. The van der Waals surface area contributed by atoms with E-state index in [2.05, 4.69) is 20.9 Å². The van der Waals surface area contributed by atoms with E-state index >= 15 is 0 Å². The van der Waals surface area contributed by atoms with Crippen molar-refractivity contribution >= 4 is 50.0 Å². The smallest absolute Gasteiger partial charge is 0.249 e. The molecule has 0 fully saturated rings. The number of pyridine rings is 1. The molecule has 0 saturated heterocycles. The zero-order chi connectivity index (χ0) is 11.2. The lowest BCUT2D eigenvalue weighted by Gasteiger charge is -2.04. The summed E-state index contributed by atoms with van der Waals surface area (Å²) in [6, 6.07) is 2.66. The summed E-state index contributed by atoms with van der Waals surface area (Å²) in [5.41, 5.74) is -0.413. The molecule has 0 amide bonds. The van der Waals surface area contributed by atoms with Crippen molar-refractivity contribution in [3.63, 3.8) is 0 Å². The van der Waals surface area contributed by atoms with Crippen LogP contribution < -0.4 is 5.56 Å². The van der Waals surface area contributed by atoms with E-state index in [1.165, 1.54) is 12.1 Å². The fraction of sp³-hybridized carbons (Fsp3) is 0. The zero-order valence-electron chi connectivity index (χ0n) is 7.07. The van der Waals surface area contributed by atoms with Crippen LogP contribution >= 0.6 is 39.1 Å². The van der Waals surface area contributed by atoms with Crippen molar-refractivity contribution in [2.45, 2.75) is 0 Å². The maximum absolute atomic E-state index is 13.7. The van der Waals surface area contributed by atoms with E-state index in [0.717, 1.165) is 0 Å². The molecule has 15 heavy (non-hydrogen) atoms. The van der Waals surface area contributed by atoms with Crippen LogP contribution in [0.4, 0.5) is 4.39 Å². The first kappa shape index (κ1) is 10.9. The van der Waals surface area contributed by atoms with Gasteiger partial charge in [-0.2, -0.15) is 0 Å². The van der Waals surface area contributed by atoms with Gasteiger partial charge in [0.05, 0.1) is 20.0 Å². The molecule has 0 atom stereocenters. The first-order chi connectivity index (χ1) is 7.00.